The molecule has 2 rings (SSSR count). The van der Waals surface area contributed by atoms with Crippen LogP contribution in [0.25, 0.3) is 5.57 Å². The second-order valence-electron chi connectivity index (χ2n) is 4.75. The molecule has 0 aliphatic heterocycles. The van der Waals surface area contributed by atoms with Crippen LogP contribution in [-0.2, 0) is 9.53 Å². The van der Waals surface area contributed by atoms with Crippen LogP contribution in [0.2, 0.25) is 0 Å². The Morgan fingerprint density at radius 1 is 1.18 bits per heavy atom. The summed E-state index contributed by atoms with van der Waals surface area (Å²) in [7, 11) is 2.64. The minimum Gasteiger partial charge on any atom is -0.496 e. The van der Waals surface area contributed by atoms with Gasteiger partial charge in [0.05, 0.1) is 7.11 Å². The summed E-state index contributed by atoms with van der Waals surface area (Å²) in [4.78, 5) is 21.8. The molecule has 1 aliphatic rings. The molecule has 0 aromatic heterocycles. The van der Waals surface area contributed by atoms with Gasteiger partial charge in [-0.2, -0.15) is 0 Å². The van der Waals surface area contributed by atoms with Crippen molar-refractivity contribution in [3.63, 3.8) is 0 Å². The van der Waals surface area contributed by atoms with Crippen LogP contribution in [0.4, 0.5) is 0 Å². The van der Waals surface area contributed by atoms with Crippen LogP contribution in [-0.4, -0.2) is 48.9 Å². The summed E-state index contributed by atoms with van der Waals surface area (Å²) in [5, 5.41) is 20.8. The maximum absolute atomic E-state index is 10.9. The molecule has 1 aliphatic carbocycles. The highest BCUT2D eigenvalue weighted by Gasteiger charge is 2.45. The predicted octanol–water partition coefficient (Wildman–Crippen LogP) is 0.726. The highest BCUT2D eigenvalue weighted by Crippen LogP contribution is 2.40. The van der Waals surface area contributed by atoms with Gasteiger partial charge < -0.3 is 19.7 Å². The van der Waals surface area contributed by atoms with E-state index in [4.69, 9.17) is 9.47 Å². The molecule has 0 bridgehead atoms. The zero-order valence-electron chi connectivity index (χ0n) is 12.1. The second kappa shape index (κ2) is 6.23. The first kappa shape index (κ1) is 16.1. The normalized spacial score (nSPS) is 24.3. The van der Waals surface area contributed by atoms with Crippen molar-refractivity contribution in [2.24, 2.45) is 0 Å². The number of benzene rings is 1. The van der Waals surface area contributed by atoms with E-state index in [1.54, 1.807) is 12.1 Å². The Morgan fingerprint density at radius 3 is 2.45 bits per heavy atom. The summed E-state index contributed by atoms with van der Waals surface area (Å²) in [5.74, 6) is -1.76. The molecule has 0 amide bonds. The largest absolute Gasteiger partial charge is 0.496 e. The number of allylic oxidation sites excluding steroid dienone is 2. The Bertz CT molecular complexity index is 661. The quantitative estimate of drug-likeness (QED) is 0.615. The number of hydrogen-bond acceptors (Lipinski definition) is 6. The average molecular weight is 304 g/mol. The molecule has 6 nitrogen and oxygen atoms in total. The lowest BCUT2D eigenvalue weighted by molar-refractivity contribution is -0.190. The summed E-state index contributed by atoms with van der Waals surface area (Å²) < 4.78 is 10.3. The Hall–Kier alpha value is -2.28. The molecule has 22 heavy (non-hydrogen) atoms. The summed E-state index contributed by atoms with van der Waals surface area (Å²) in [6.45, 7) is 0. The van der Waals surface area contributed by atoms with Crippen LogP contribution >= 0.6 is 0 Å². The summed E-state index contributed by atoms with van der Waals surface area (Å²) in [6, 6.07) is 4.63. The lowest BCUT2D eigenvalue weighted by atomic mass is 9.85. The first-order valence-electron chi connectivity index (χ1n) is 6.48. The van der Waals surface area contributed by atoms with Gasteiger partial charge in [0.25, 0.3) is 0 Å². The molecule has 0 radical (unpaired) electrons. The van der Waals surface area contributed by atoms with Crippen molar-refractivity contribution < 1.29 is 29.3 Å². The van der Waals surface area contributed by atoms with Crippen molar-refractivity contribution in [3.8, 4) is 5.75 Å². The predicted molar refractivity (Wildman–Crippen MR) is 78.5 cm³/mol. The van der Waals surface area contributed by atoms with Crippen LogP contribution in [0.5, 0.6) is 5.75 Å². The fourth-order valence-electron chi connectivity index (χ4n) is 2.37. The number of hydrogen-bond donors (Lipinski definition) is 2. The lowest BCUT2D eigenvalue weighted by Gasteiger charge is -2.36. The Kier molecular flexibility index (Phi) is 4.56. The number of aldehydes is 2. The lowest BCUT2D eigenvalue weighted by Crippen LogP contribution is -2.48. The highest BCUT2D eigenvalue weighted by atomic mass is 16.6. The van der Waals surface area contributed by atoms with Gasteiger partial charge >= 0.3 is 0 Å². The van der Waals surface area contributed by atoms with E-state index >= 15 is 0 Å². The van der Waals surface area contributed by atoms with Crippen molar-refractivity contribution >= 4 is 18.1 Å². The third-order valence-electron chi connectivity index (χ3n) is 3.61. The van der Waals surface area contributed by atoms with E-state index in [1.165, 1.54) is 32.4 Å². The number of aliphatic hydroxyl groups excluding tert-OH is 1. The Morgan fingerprint density at radius 2 is 1.91 bits per heavy atom. The molecular formula is C16H16O6. The van der Waals surface area contributed by atoms with Crippen LogP contribution in [0.3, 0.4) is 0 Å². The average Bonchev–Trinajstić information content (AvgIpc) is 2.56. The maximum Gasteiger partial charge on any atom is 0.224 e. The molecule has 2 atom stereocenters. The zero-order chi connectivity index (χ0) is 16.3. The highest BCUT2D eigenvalue weighted by molar-refractivity contribution is 5.86. The number of aliphatic hydroxyl groups is 2. The zero-order valence-corrected chi connectivity index (χ0v) is 12.1. The van der Waals surface area contributed by atoms with Crippen LogP contribution in [0, 0.1) is 0 Å². The SMILES string of the molecule is COc1cc(C=O)ccc1C1=CC=C(C=O)C(O)C1(O)OC. The molecule has 0 fully saturated rings. The minimum absolute atomic E-state index is 0.00317. The van der Waals surface area contributed by atoms with Gasteiger partial charge in [0.2, 0.25) is 5.79 Å². The summed E-state index contributed by atoms with van der Waals surface area (Å²) in [5.41, 5.74) is 1.07. The number of methoxy groups -OCH3 is 2. The van der Waals surface area contributed by atoms with E-state index in [1.807, 2.05) is 0 Å². The molecule has 2 unspecified atom stereocenters. The van der Waals surface area contributed by atoms with Crippen molar-refractivity contribution in [1.82, 2.24) is 0 Å². The van der Waals surface area contributed by atoms with Crippen molar-refractivity contribution in [1.29, 1.82) is 0 Å². The number of carbonyl (C=O) groups is 2. The van der Waals surface area contributed by atoms with E-state index in [2.05, 4.69) is 0 Å². The third kappa shape index (κ3) is 2.48. The van der Waals surface area contributed by atoms with Gasteiger partial charge in [-0.05, 0) is 6.07 Å². The summed E-state index contributed by atoms with van der Waals surface area (Å²) >= 11 is 0. The van der Waals surface area contributed by atoms with E-state index in [0.717, 1.165) is 0 Å². The molecule has 0 heterocycles. The van der Waals surface area contributed by atoms with E-state index < -0.39 is 11.9 Å². The molecule has 0 saturated carbocycles. The fraction of sp³-hybridized carbons (Fsp3) is 0.250. The van der Waals surface area contributed by atoms with Crippen molar-refractivity contribution in [2.75, 3.05) is 14.2 Å². The first-order valence-corrected chi connectivity index (χ1v) is 6.48. The monoisotopic (exact) mass is 304 g/mol. The smallest absolute Gasteiger partial charge is 0.224 e. The van der Waals surface area contributed by atoms with Gasteiger partial charge in [-0.25, -0.2) is 0 Å². The van der Waals surface area contributed by atoms with Crippen LogP contribution < -0.4 is 4.74 Å². The van der Waals surface area contributed by atoms with Crippen molar-refractivity contribution in [2.45, 2.75) is 11.9 Å². The summed E-state index contributed by atoms with van der Waals surface area (Å²) in [6.07, 6.45) is 2.45. The molecule has 2 N–H and O–H groups in total. The van der Waals surface area contributed by atoms with Gasteiger partial charge in [-0.3, -0.25) is 9.59 Å². The topological polar surface area (TPSA) is 93.1 Å². The third-order valence-corrected chi connectivity index (χ3v) is 3.61. The minimum atomic E-state index is -2.10. The molecule has 0 saturated heterocycles. The Labute approximate surface area is 127 Å². The second-order valence-corrected chi connectivity index (χ2v) is 4.75. The molecule has 6 heteroatoms. The first-order chi connectivity index (χ1) is 10.5. The fourth-order valence-corrected chi connectivity index (χ4v) is 2.37. The van der Waals surface area contributed by atoms with E-state index in [-0.39, 0.29) is 11.1 Å². The molecule has 1 aromatic carbocycles. The Balaban J connectivity index is 2.64. The van der Waals surface area contributed by atoms with Crippen LogP contribution in [0.1, 0.15) is 15.9 Å². The number of ether oxygens (including phenoxy) is 2. The van der Waals surface area contributed by atoms with E-state index in [9.17, 15) is 19.8 Å². The maximum atomic E-state index is 10.9. The van der Waals surface area contributed by atoms with Gasteiger partial charge in [0.15, 0.2) is 0 Å². The number of carbonyl (C=O) groups excluding carboxylic acids is 2. The van der Waals surface area contributed by atoms with Gasteiger partial charge in [-0.15, -0.1) is 0 Å². The molecular weight excluding hydrogens is 288 g/mol. The van der Waals surface area contributed by atoms with Gasteiger partial charge in [0.1, 0.15) is 24.4 Å². The van der Waals surface area contributed by atoms with Crippen molar-refractivity contribution in [3.05, 3.63) is 47.1 Å². The molecule has 116 valence electrons. The molecule has 0 spiro atoms. The standard InChI is InChI=1S/C16H16O6/c1-21-14-7-10(8-17)3-5-12(14)13-6-4-11(9-18)15(19)16(13,20)22-2/h3-9,15,19-20H,1-2H3. The molecule has 1 aromatic rings. The van der Waals surface area contributed by atoms with Gasteiger partial charge in [0, 0.05) is 29.4 Å². The van der Waals surface area contributed by atoms with E-state index in [0.29, 0.717) is 29.4 Å². The van der Waals surface area contributed by atoms with Crippen LogP contribution in [0.15, 0.2) is 35.9 Å². The number of rotatable bonds is 5. The van der Waals surface area contributed by atoms with Gasteiger partial charge in [-0.1, -0.05) is 24.3 Å².